The van der Waals surface area contributed by atoms with Crippen molar-refractivity contribution in [2.24, 2.45) is 10.8 Å². The summed E-state index contributed by atoms with van der Waals surface area (Å²) < 4.78 is 84.9. The van der Waals surface area contributed by atoms with Gasteiger partial charge in [0.05, 0.1) is 28.2 Å². The third kappa shape index (κ3) is 6.91. The molecule has 1 atom stereocenters. The third-order valence-electron chi connectivity index (χ3n) is 10.9. The number of fused-ring (bicyclic) bond motifs is 4. The number of hydrogen-bond donors (Lipinski definition) is 2. The number of hydrogen-bond acceptors (Lipinski definition) is 8. The second-order valence-corrected chi connectivity index (χ2v) is 16.9. The lowest BCUT2D eigenvalue weighted by molar-refractivity contribution is -0.194. The molecule has 2 amide bonds. The molecule has 278 valence electrons. The normalized spacial score (nSPS) is 26.0. The molecular weight excluding hydrogens is 699 g/mol. The van der Waals surface area contributed by atoms with Gasteiger partial charge in [0, 0.05) is 29.3 Å². The van der Waals surface area contributed by atoms with Gasteiger partial charge < -0.3 is 19.7 Å². The summed E-state index contributed by atoms with van der Waals surface area (Å²) in [6.45, 7) is 6.98. The summed E-state index contributed by atoms with van der Waals surface area (Å²) in [6, 6.07) is 11.1. The summed E-state index contributed by atoms with van der Waals surface area (Å²) in [5.74, 6) is -0.900. The fourth-order valence-corrected chi connectivity index (χ4v) is 9.23. The lowest BCUT2D eigenvalue weighted by Crippen LogP contribution is -2.64. The molecule has 0 saturated heterocycles. The molecule has 2 heterocycles. The maximum absolute atomic E-state index is 14.5. The van der Waals surface area contributed by atoms with Crippen LogP contribution in [-0.2, 0) is 14.8 Å². The highest BCUT2D eigenvalue weighted by atomic mass is 32.2. The number of carbonyl (C=O) groups excluding carboxylic acids is 2. The number of alkyl halides is 3. The number of anilines is 1. The van der Waals surface area contributed by atoms with Crippen molar-refractivity contribution in [3.05, 3.63) is 65.2 Å². The summed E-state index contributed by atoms with van der Waals surface area (Å²) in [5.41, 5.74) is 0.697. The second kappa shape index (κ2) is 12.9. The van der Waals surface area contributed by atoms with Gasteiger partial charge in [-0.2, -0.15) is 18.2 Å². The number of nitrogens with one attached hydrogen (secondary N) is 2. The SMILES string of the molecule is Cc1cccc(C)c1-c1cc2nc(n1)NS(=O)(=O)c1cccc(c1)C(=O)N(C1CC3(CC(NC(=O)OC(C)C)C3)C1)[C@H](CC1(C(F)(F)F)CC1)CO2. The van der Waals surface area contributed by atoms with Crippen LogP contribution in [0.1, 0.15) is 80.3 Å². The number of alkyl carbamates (subject to hydrolysis) is 1. The average Bonchev–Trinajstić information content (AvgIpc) is 3.81. The van der Waals surface area contributed by atoms with Crippen LogP contribution in [0, 0.1) is 24.7 Å². The average molecular weight is 742 g/mol. The van der Waals surface area contributed by atoms with Crippen molar-refractivity contribution >= 4 is 28.0 Å². The molecule has 4 bridgehead atoms. The van der Waals surface area contributed by atoms with Gasteiger partial charge in [0.25, 0.3) is 15.9 Å². The Bertz CT molecular complexity index is 1980. The van der Waals surface area contributed by atoms with E-state index < -0.39 is 45.7 Å². The molecule has 1 spiro atoms. The zero-order chi connectivity index (χ0) is 37.2. The summed E-state index contributed by atoms with van der Waals surface area (Å²) in [4.78, 5) is 36.8. The van der Waals surface area contributed by atoms with Crippen molar-refractivity contribution < 1.29 is 40.7 Å². The van der Waals surface area contributed by atoms with Crippen molar-refractivity contribution in [3.8, 4) is 17.1 Å². The zero-order valence-electron chi connectivity index (χ0n) is 29.4. The first-order valence-electron chi connectivity index (χ1n) is 17.5. The van der Waals surface area contributed by atoms with Crippen molar-refractivity contribution in [1.82, 2.24) is 20.2 Å². The summed E-state index contributed by atoms with van der Waals surface area (Å²) in [7, 11) is -4.31. The van der Waals surface area contributed by atoms with Gasteiger partial charge in [-0.3, -0.25) is 4.79 Å². The van der Waals surface area contributed by atoms with E-state index in [4.69, 9.17) is 9.47 Å². The van der Waals surface area contributed by atoms with Gasteiger partial charge in [0.1, 0.15) is 6.61 Å². The fourth-order valence-electron chi connectivity index (χ4n) is 8.24. The molecule has 1 aromatic heterocycles. The number of halogens is 3. The summed E-state index contributed by atoms with van der Waals surface area (Å²) in [5, 5.41) is 2.87. The van der Waals surface area contributed by atoms with E-state index in [1.807, 2.05) is 32.0 Å². The molecule has 3 aromatic rings. The Morgan fingerprint density at radius 1 is 1.06 bits per heavy atom. The largest absolute Gasteiger partial charge is 0.475 e. The summed E-state index contributed by atoms with van der Waals surface area (Å²) in [6.07, 6.45) is -3.44. The standard InChI is InChI=1S/C37H42F3N5O6S/c1-21(2)51-34(47)41-25-15-35(16-25)17-26(18-35)45-27(19-36(11-12-36)37(38,39)40)20-50-30-14-29(31-22(3)7-5-8-23(31)4)42-33(43-30)44-52(48,49)28-10-6-9-24(13-28)32(45)46/h5-10,13-14,21,25-27H,11-12,15-20H2,1-4H3,(H,41,47)(H,42,43,44)/t25?,26?,27-,35?/m1/s1. The minimum atomic E-state index is -4.49. The molecule has 15 heteroatoms. The topological polar surface area (TPSA) is 140 Å². The number of aromatic nitrogens is 2. The van der Waals surface area contributed by atoms with E-state index >= 15 is 0 Å². The minimum Gasteiger partial charge on any atom is -0.475 e. The Morgan fingerprint density at radius 2 is 1.73 bits per heavy atom. The van der Waals surface area contributed by atoms with Crippen LogP contribution >= 0.6 is 0 Å². The van der Waals surface area contributed by atoms with Crippen LogP contribution in [0.25, 0.3) is 11.3 Å². The van der Waals surface area contributed by atoms with Crippen LogP contribution in [0.5, 0.6) is 5.88 Å². The van der Waals surface area contributed by atoms with Crippen molar-refractivity contribution in [3.63, 3.8) is 0 Å². The minimum absolute atomic E-state index is 0.0263. The number of benzene rings is 2. The van der Waals surface area contributed by atoms with Gasteiger partial charge >= 0.3 is 12.3 Å². The lowest BCUT2D eigenvalue weighted by Gasteiger charge is -2.60. The Morgan fingerprint density at radius 3 is 2.37 bits per heavy atom. The van der Waals surface area contributed by atoms with Gasteiger partial charge in [-0.25, -0.2) is 22.9 Å². The van der Waals surface area contributed by atoms with Crippen molar-refractivity contribution in [2.45, 2.75) is 108 Å². The van der Waals surface area contributed by atoms with Crippen LogP contribution in [0.4, 0.5) is 23.9 Å². The number of ether oxygens (including phenoxy) is 2. The Labute approximate surface area is 300 Å². The van der Waals surface area contributed by atoms with Crippen LogP contribution in [0.2, 0.25) is 0 Å². The smallest absolute Gasteiger partial charge is 0.407 e. The van der Waals surface area contributed by atoms with E-state index in [0.717, 1.165) is 16.7 Å². The lowest BCUT2D eigenvalue weighted by atomic mass is 9.51. The van der Waals surface area contributed by atoms with Crippen LogP contribution in [0.3, 0.4) is 0 Å². The highest BCUT2D eigenvalue weighted by Crippen LogP contribution is 2.62. The zero-order valence-corrected chi connectivity index (χ0v) is 30.2. The van der Waals surface area contributed by atoms with Gasteiger partial charge in [-0.1, -0.05) is 24.3 Å². The predicted molar refractivity (Wildman–Crippen MR) is 185 cm³/mol. The van der Waals surface area contributed by atoms with Crippen LogP contribution in [-0.4, -0.2) is 72.3 Å². The molecule has 0 radical (unpaired) electrons. The van der Waals surface area contributed by atoms with E-state index in [9.17, 15) is 31.2 Å². The fraction of sp³-hybridized carbons (Fsp3) is 0.514. The van der Waals surface area contributed by atoms with Gasteiger partial charge in [0.15, 0.2) is 0 Å². The second-order valence-electron chi connectivity index (χ2n) is 15.2. The van der Waals surface area contributed by atoms with E-state index in [1.54, 1.807) is 13.8 Å². The van der Waals surface area contributed by atoms with E-state index in [0.29, 0.717) is 31.4 Å². The first-order valence-corrected chi connectivity index (χ1v) is 19.0. The maximum atomic E-state index is 14.5. The first kappa shape index (κ1) is 36.0. The number of carbonyl (C=O) groups is 2. The summed E-state index contributed by atoms with van der Waals surface area (Å²) >= 11 is 0. The van der Waals surface area contributed by atoms with Gasteiger partial charge in [0.2, 0.25) is 11.8 Å². The number of nitrogens with zero attached hydrogens (tertiary/aromatic N) is 3. The number of amides is 2. The van der Waals surface area contributed by atoms with Crippen LogP contribution < -0.4 is 14.8 Å². The highest BCUT2D eigenvalue weighted by molar-refractivity contribution is 7.92. The maximum Gasteiger partial charge on any atom is 0.407 e. The third-order valence-corrected chi connectivity index (χ3v) is 12.3. The highest BCUT2D eigenvalue weighted by Gasteiger charge is 2.65. The van der Waals surface area contributed by atoms with Crippen LogP contribution in [0.15, 0.2) is 53.4 Å². The molecule has 1 aliphatic heterocycles. The number of sulfonamides is 1. The van der Waals surface area contributed by atoms with Crippen molar-refractivity contribution in [2.75, 3.05) is 11.3 Å². The monoisotopic (exact) mass is 741 g/mol. The molecule has 11 nitrogen and oxygen atoms in total. The van der Waals surface area contributed by atoms with E-state index in [-0.39, 0.29) is 65.7 Å². The quantitative estimate of drug-likeness (QED) is 0.277. The molecule has 0 unspecified atom stereocenters. The van der Waals surface area contributed by atoms with Gasteiger partial charge in [-0.15, -0.1) is 0 Å². The predicted octanol–water partition coefficient (Wildman–Crippen LogP) is 6.94. The number of aryl methyl sites for hydroxylation is 2. The molecular formula is C37H42F3N5O6S. The number of rotatable bonds is 6. The molecule has 2 N–H and O–H groups in total. The molecule has 3 saturated carbocycles. The Kier molecular flexibility index (Phi) is 8.94. The van der Waals surface area contributed by atoms with E-state index in [1.165, 1.54) is 35.2 Å². The molecule has 3 fully saturated rings. The Balaban J connectivity index is 1.26. The van der Waals surface area contributed by atoms with E-state index in [2.05, 4.69) is 20.0 Å². The van der Waals surface area contributed by atoms with Gasteiger partial charge in [-0.05, 0) is 107 Å². The van der Waals surface area contributed by atoms with Crippen molar-refractivity contribution in [1.29, 1.82) is 0 Å². The molecule has 7 rings (SSSR count). The molecule has 4 aliphatic rings. The first-order chi connectivity index (χ1) is 24.5. The molecule has 2 aromatic carbocycles. The molecule has 52 heavy (non-hydrogen) atoms. The molecule has 3 aliphatic carbocycles. The Hall–Kier alpha value is -4.40.